The number of benzene rings is 1. The van der Waals surface area contributed by atoms with Crippen molar-refractivity contribution in [1.82, 2.24) is 20.4 Å². The molecule has 1 aliphatic heterocycles. The minimum absolute atomic E-state index is 0.105. The molecule has 0 aliphatic carbocycles. The molecule has 3 amide bonds. The molecule has 0 saturated carbocycles. The maximum atomic E-state index is 13.7. The number of hydrogen-bond donors (Lipinski definition) is 3. The Morgan fingerprint density at radius 2 is 1.83 bits per heavy atom. The average Bonchev–Trinajstić information content (AvgIpc) is 3.31. The molecular formula is C27H44N4O4. The van der Waals surface area contributed by atoms with Gasteiger partial charge in [-0.3, -0.25) is 14.4 Å². The fraction of sp³-hybridized carbons (Fsp3) is 0.667. The summed E-state index contributed by atoms with van der Waals surface area (Å²) in [6.07, 6.45) is 2.35. The molecule has 1 fully saturated rings. The summed E-state index contributed by atoms with van der Waals surface area (Å²) in [5.74, 6) is -0.928. The Labute approximate surface area is 210 Å². The molecule has 0 bridgehead atoms. The van der Waals surface area contributed by atoms with Gasteiger partial charge < -0.3 is 25.5 Å². The van der Waals surface area contributed by atoms with Crippen molar-refractivity contribution in [2.45, 2.75) is 72.0 Å². The highest BCUT2D eigenvalue weighted by molar-refractivity contribution is 5.90. The molecule has 1 saturated heterocycles. The lowest BCUT2D eigenvalue weighted by Crippen LogP contribution is -2.59. The molecule has 1 aromatic rings. The van der Waals surface area contributed by atoms with E-state index >= 15 is 0 Å². The first kappa shape index (κ1) is 28.8. The first-order valence-electron chi connectivity index (χ1n) is 12.7. The van der Waals surface area contributed by atoms with Gasteiger partial charge in [0.15, 0.2) is 0 Å². The smallest absolute Gasteiger partial charge is 0.246 e. The van der Waals surface area contributed by atoms with Gasteiger partial charge in [0.05, 0.1) is 18.6 Å². The van der Waals surface area contributed by atoms with Gasteiger partial charge in [0.2, 0.25) is 17.7 Å². The lowest BCUT2D eigenvalue weighted by molar-refractivity contribution is -0.143. The lowest BCUT2D eigenvalue weighted by Gasteiger charge is -2.38. The molecule has 0 aromatic heterocycles. The third kappa shape index (κ3) is 8.04. The van der Waals surface area contributed by atoms with Crippen molar-refractivity contribution in [3.8, 4) is 0 Å². The zero-order chi connectivity index (χ0) is 26.2. The number of rotatable bonds is 11. The van der Waals surface area contributed by atoms with Crippen molar-refractivity contribution in [3.63, 3.8) is 0 Å². The van der Waals surface area contributed by atoms with E-state index in [9.17, 15) is 19.5 Å². The number of carbonyl (C=O) groups excluding carboxylic acids is 3. The standard InChI is InChI=1S/C27H44N4O4/c1-19(18-32)25(34)30(16-14-21-11-8-7-9-12-21)17-22-13-10-15-31(22)26(35)23(27(3,4)5)29-24(33)20(2)28-6/h7-9,11-12,19-20,22-23,28,32H,10,13-18H2,1-6H3,(H,29,33)/t19-,20+,22+,23-/m1/s1. The second kappa shape index (κ2) is 13.0. The molecule has 8 heteroatoms. The van der Waals surface area contributed by atoms with E-state index in [2.05, 4.69) is 10.6 Å². The first-order chi connectivity index (χ1) is 16.5. The minimum Gasteiger partial charge on any atom is -0.396 e. The van der Waals surface area contributed by atoms with Gasteiger partial charge in [0.1, 0.15) is 6.04 Å². The third-order valence-electron chi connectivity index (χ3n) is 6.84. The number of hydrogen-bond acceptors (Lipinski definition) is 5. The maximum absolute atomic E-state index is 13.7. The second-order valence-corrected chi connectivity index (χ2v) is 10.7. The first-order valence-corrected chi connectivity index (χ1v) is 12.7. The molecule has 4 atom stereocenters. The summed E-state index contributed by atoms with van der Waals surface area (Å²) in [4.78, 5) is 43.1. The summed E-state index contributed by atoms with van der Waals surface area (Å²) < 4.78 is 0. The van der Waals surface area contributed by atoms with Gasteiger partial charge in [0.25, 0.3) is 0 Å². The molecule has 0 spiro atoms. The van der Waals surface area contributed by atoms with Gasteiger partial charge in [-0.15, -0.1) is 0 Å². The number of likely N-dealkylation sites (N-methyl/N-ethyl adjacent to an activating group) is 1. The monoisotopic (exact) mass is 488 g/mol. The normalized spacial score (nSPS) is 18.6. The van der Waals surface area contributed by atoms with Crippen LogP contribution in [0.5, 0.6) is 0 Å². The molecule has 196 valence electrons. The second-order valence-electron chi connectivity index (χ2n) is 10.7. The van der Waals surface area contributed by atoms with E-state index in [1.54, 1.807) is 25.8 Å². The molecule has 0 unspecified atom stereocenters. The van der Waals surface area contributed by atoms with E-state index in [0.717, 1.165) is 18.4 Å². The zero-order valence-electron chi connectivity index (χ0n) is 22.2. The van der Waals surface area contributed by atoms with Crippen LogP contribution in [0.3, 0.4) is 0 Å². The Kier molecular flexibility index (Phi) is 10.7. The fourth-order valence-electron chi connectivity index (χ4n) is 4.37. The van der Waals surface area contributed by atoms with E-state index in [-0.39, 0.29) is 30.4 Å². The predicted molar refractivity (Wildman–Crippen MR) is 138 cm³/mol. The summed E-state index contributed by atoms with van der Waals surface area (Å²) in [7, 11) is 1.71. The molecule has 35 heavy (non-hydrogen) atoms. The Morgan fingerprint density at radius 3 is 2.40 bits per heavy atom. The predicted octanol–water partition coefficient (Wildman–Crippen LogP) is 1.82. The van der Waals surface area contributed by atoms with Crippen LogP contribution >= 0.6 is 0 Å². The summed E-state index contributed by atoms with van der Waals surface area (Å²) in [6, 6.07) is 8.78. The Hall–Kier alpha value is -2.45. The highest BCUT2D eigenvalue weighted by Gasteiger charge is 2.40. The van der Waals surface area contributed by atoms with Crippen LogP contribution in [-0.4, -0.2) is 84.0 Å². The third-order valence-corrected chi connectivity index (χ3v) is 6.84. The van der Waals surface area contributed by atoms with Crippen molar-refractivity contribution in [1.29, 1.82) is 0 Å². The van der Waals surface area contributed by atoms with Crippen LogP contribution < -0.4 is 10.6 Å². The van der Waals surface area contributed by atoms with Gasteiger partial charge in [-0.05, 0) is 44.2 Å². The van der Waals surface area contributed by atoms with Crippen LogP contribution in [0.25, 0.3) is 0 Å². The van der Waals surface area contributed by atoms with Crippen molar-refractivity contribution in [3.05, 3.63) is 35.9 Å². The topological polar surface area (TPSA) is 102 Å². The van der Waals surface area contributed by atoms with Gasteiger partial charge >= 0.3 is 0 Å². The van der Waals surface area contributed by atoms with E-state index in [0.29, 0.717) is 26.1 Å². The Balaban J connectivity index is 2.20. The SMILES string of the molecule is CN[C@@H](C)C(=O)N[C@H](C(=O)N1CCC[C@H]1CN(CCc1ccccc1)C(=O)[C@H](C)CO)C(C)(C)C. The van der Waals surface area contributed by atoms with Crippen LogP contribution in [0.15, 0.2) is 30.3 Å². The summed E-state index contributed by atoms with van der Waals surface area (Å²) in [5.41, 5.74) is 0.664. The van der Waals surface area contributed by atoms with Gasteiger partial charge in [-0.25, -0.2) is 0 Å². The highest BCUT2D eigenvalue weighted by Crippen LogP contribution is 2.26. The molecule has 1 aliphatic rings. The average molecular weight is 489 g/mol. The number of nitrogens with zero attached hydrogens (tertiary/aromatic N) is 2. The van der Waals surface area contributed by atoms with Crippen molar-refractivity contribution in [2.24, 2.45) is 11.3 Å². The molecule has 0 radical (unpaired) electrons. The van der Waals surface area contributed by atoms with Crippen LogP contribution in [0.4, 0.5) is 0 Å². The molecule has 1 aromatic carbocycles. The maximum Gasteiger partial charge on any atom is 0.246 e. The number of aliphatic hydroxyl groups excluding tert-OH is 1. The summed E-state index contributed by atoms with van der Waals surface area (Å²) in [5, 5.41) is 15.5. The Morgan fingerprint density at radius 1 is 1.17 bits per heavy atom. The van der Waals surface area contributed by atoms with Crippen LogP contribution in [0.1, 0.15) is 53.0 Å². The number of nitrogens with one attached hydrogen (secondary N) is 2. The van der Waals surface area contributed by atoms with Crippen molar-refractivity contribution in [2.75, 3.05) is 33.3 Å². The van der Waals surface area contributed by atoms with Crippen molar-refractivity contribution < 1.29 is 19.5 Å². The fourth-order valence-corrected chi connectivity index (χ4v) is 4.37. The van der Waals surface area contributed by atoms with Crippen molar-refractivity contribution >= 4 is 17.7 Å². The van der Waals surface area contributed by atoms with E-state index in [1.165, 1.54) is 0 Å². The van der Waals surface area contributed by atoms with Crippen LogP contribution in [-0.2, 0) is 20.8 Å². The van der Waals surface area contributed by atoms with Gasteiger partial charge in [-0.2, -0.15) is 0 Å². The summed E-state index contributed by atoms with van der Waals surface area (Å²) >= 11 is 0. The summed E-state index contributed by atoms with van der Waals surface area (Å²) in [6.45, 7) is 10.7. The van der Waals surface area contributed by atoms with E-state index in [1.807, 2.05) is 56.0 Å². The van der Waals surface area contributed by atoms with E-state index in [4.69, 9.17) is 0 Å². The molecule has 2 rings (SSSR count). The molecular weight excluding hydrogens is 444 g/mol. The highest BCUT2D eigenvalue weighted by atomic mass is 16.3. The zero-order valence-corrected chi connectivity index (χ0v) is 22.2. The number of aliphatic hydroxyl groups is 1. The number of likely N-dealkylation sites (tertiary alicyclic amines) is 1. The van der Waals surface area contributed by atoms with Crippen LogP contribution in [0, 0.1) is 11.3 Å². The number of amides is 3. The number of carbonyl (C=O) groups is 3. The molecule has 3 N–H and O–H groups in total. The van der Waals surface area contributed by atoms with E-state index < -0.39 is 23.4 Å². The van der Waals surface area contributed by atoms with Gasteiger partial charge in [0, 0.05) is 25.7 Å². The quantitative estimate of drug-likeness (QED) is 0.441. The lowest BCUT2D eigenvalue weighted by atomic mass is 9.85. The molecule has 8 nitrogen and oxygen atoms in total. The van der Waals surface area contributed by atoms with Gasteiger partial charge in [-0.1, -0.05) is 58.0 Å². The largest absolute Gasteiger partial charge is 0.396 e. The molecule has 1 heterocycles. The minimum atomic E-state index is -0.670. The Bertz CT molecular complexity index is 839. The van der Waals surface area contributed by atoms with Crippen LogP contribution in [0.2, 0.25) is 0 Å².